The van der Waals surface area contributed by atoms with Gasteiger partial charge < -0.3 is 0 Å². The summed E-state index contributed by atoms with van der Waals surface area (Å²) < 4.78 is 26.9. The van der Waals surface area contributed by atoms with E-state index in [-0.39, 0.29) is 5.03 Å². The average molecular weight is 325 g/mol. The Morgan fingerprint density at radius 2 is 1.90 bits per heavy atom. The van der Waals surface area contributed by atoms with Crippen molar-refractivity contribution >= 4 is 27.3 Å². The highest BCUT2D eigenvalue weighted by atomic mass is 35.5. The number of para-hydroxylation sites is 1. The fraction of sp³-hybridized carbons (Fsp3) is 0.267. The van der Waals surface area contributed by atoms with Crippen LogP contribution in [-0.4, -0.2) is 19.9 Å². The van der Waals surface area contributed by atoms with Crippen LogP contribution in [0, 0.1) is 6.92 Å². The van der Waals surface area contributed by atoms with E-state index in [1.165, 1.54) is 16.6 Å². The number of anilines is 1. The summed E-state index contributed by atoms with van der Waals surface area (Å²) in [6, 6.07) is 10.6. The molecule has 0 saturated heterocycles. The molecule has 0 aliphatic rings. The van der Waals surface area contributed by atoms with E-state index >= 15 is 0 Å². The van der Waals surface area contributed by atoms with Crippen molar-refractivity contribution in [1.29, 1.82) is 0 Å². The monoisotopic (exact) mass is 324 g/mol. The lowest BCUT2D eigenvalue weighted by Gasteiger charge is -2.24. The topological polar surface area (TPSA) is 50.3 Å². The molecule has 1 aromatic carbocycles. The predicted octanol–water partition coefficient (Wildman–Crippen LogP) is 3.34. The van der Waals surface area contributed by atoms with Gasteiger partial charge in [0.2, 0.25) is 0 Å². The van der Waals surface area contributed by atoms with Crippen molar-refractivity contribution in [2.75, 3.05) is 10.8 Å². The van der Waals surface area contributed by atoms with Gasteiger partial charge in [-0.2, -0.15) is 8.42 Å². The molecule has 0 spiro atoms. The smallest absolute Gasteiger partial charge is 0.265 e. The van der Waals surface area contributed by atoms with E-state index in [0.717, 1.165) is 11.1 Å². The molecule has 0 bridgehead atoms. The Bertz CT molecular complexity index is 715. The number of aryl methyl sites for hydroxylation is 1. The Kier molecular flexibility index (Phi) is 4.85. The van der Waals surface area contributed by atoms with E-state index in [2.05, 4.69) is 4.98 Å². The summed E-state index contributed by atoms with van der Waals surface area (Å²) in [7, 11) is -3.67. The molecule has 1 heterocycles. The van der Waals surface area contributed by atoms with Crippen molar-refractivity contribution in [3.8, 4) is 0 Å². The van der Waals surface area contributed by atoms with Crippen LogP contribution in [0.15, 0.2) is 47.6 Å². The maximum Gasteiger partial charge on any atom is 0.281 e. The number of hydrogen-bond acceptors (Lipinski definition) is 3. The molecule has 2 aromatic rings. The Balaban J connectivity index is 2.47. The number of hydrogen-bond donors (Lipinski definition) is 0. The Morgan fingerprint density at radius 3 is 2.43 bits per heavy atom. The summed E-state index contributed by atoms with van der Waals surface area (Å²) in [6.45, 7) is 4.03. The van der Waals surface area contributed by atoms with Crippen molar-refractivity contribution in [3.63, 3.8) is 0 Å². The van der Waals surface area contributed by atoms with Crippen LogP contribution in [0.25, 0.3) is 0 Å². The number of benzene rings is 1. The van der Waals surface area contributed by atoms with Gasteiger partial charge in [-0.15, -0.1) is 11.6 Å². The first-order valence-corrected chi connectivity index (χ1v) is 8.57. The fourth-order valence-corrected chi connectivity index (χ4v) is 3.68. The van der Waals surface area contributed by atoms with Crippen LogP contribution in [0.5, 0.6) is 0 Å². The molecular weight excluding hydrogens is 308 g/mol. The first-order chi connectivity index (χ1) is 10.0. The van der Waals surface area contributed by atoms with Crippen LogP contribution in [0.4, 0.5) is 5.69 Å². The summed E-state index contributed by atoms with van der Waals surface area (Å²) >= 11 is 5.70. The number of alkyl halides is 1. The van der Waals surface area contributed by atoms with Crippen molar-refractivity contribution in [2.24, 2.45) is 0 Å². The van der Waals surface area contributed by atoms with Crippen molar-refractivity contribution in [3.05, 3.63) is 53.7 Å². The van der Waals surface area contributed by atoms with Gasteiger partial charge in [0.1, 0.15) is 0 Å². The average Bonchev–Trinajstić information content (AvgIpc) is 2.50. The van der Waals surface area contributed by atoms with Crippen LogP contribution in [0.2, 0.25) is 0 Å². The second-order valence-electron chi connectivity index (χ2n) is 4.59. The van der Waals surface area contributed by atoms with Crippen molar-refractivity contribution in [2.45, 2.75) is 24.8 Å². The zero-order chi connectivity index (χ0) is 15.5. The molecule has 0 aliphatic heterocycles. The normalized spacial score (nSPS) is 11.4. The molecule has 0 atom stereocenters. The molecular formula is C15H17ClN2O2S. The van der Waals surface area contributed by atoms with Crippen LogP contribution < -0.4 is 4.31 Å². The first kappa shape index (κ1) is 15.8. The third-order valence-electron chi connectivity index (χ3n) is 3.18. The van der Waals surface area contributed by atoms with E-state index in [1.54, 1.807) is 19.1 Å². The molecule has 1 aromatic heterocycles. The molecule has 21 heavy (non-hydrogen) atoms. The number of pyridine rings is 1. The minimum Gasteiger partial charge on any atom is -0.265 e. The Hall–Kier alpha value is -1.59. The van der Waals surface area contributed by atoms with E-state index < -0.39 is 10.0 Å². The molecule has 0 radical (unpaired) electrons. The highest BCUT2D eigenvalue weighted by Gasteiger charge is 2.25. The van der Waals surface area contributed by atoms with Crippen LogP contribution in [-0.2, 0) is 15.9 Å². The third-order valence-corrected chi connectivity index (χ3v) is 5.29. The molecule has 0 N–H and O–H groups in total. The standard InChI is InChI=1S/C15H17ClN2O2S/c1-3-18(14-7-5-4-6-12(14)2)21(19,20)15-9-8-13(10-16)11-17-15/h4-9,11H,3,10H2,1-2H3. The Labute approximate surface area is 130 Å². The molecule has 0 amide bonds. The number of halogens is 1. The fourth-order valence-electron chi connectivity index (χ4n) is 2.07. The molecule has 112 valence electrons. The summed E-state index contributed by atoms with van der Waals surface area (Å²) in [5.41, 5.74) is 2.36. The van der Waals surface area contributed by atoms with Gasteiger partial charge in [0.25, 0.3) is 10.0 Å². The number of nitrogens with zero attached hydrogens (tertiary/aromatic N) is 2. The van der Waals surface area contributed by atoms with Gasteiger partial charge in [0.05, 0.1) is 5.69 Å². The van der Waals surface area contributed by atoms with Crippen molar-refractivity contribution < 1.29 is 8.42 Å². The largest absolute Gasteiger partial charge is 0.281 e. The molecule has 2 rings (SSSR count). The third kappa shape index (κ3) is 3.19. The second-order valence-corrected chi connectivity index (χ2v) is 6.67. The van der Waals surface area contributed by atoms with Gasteiger partial charge in [0, 0.05) is 18.6 Å². The molecule has 6 heteroatoms. The van der Waals surface area contributed by atoms with Gasteiger partial charge in [-0.25, -0.2) is 4.98 Å². The minimum absolute atomic E-state index is 0.0291. The quantitative estimate of drug-likeness (QED) is 0.792. The molecule has 4 nitrogen and oxygen atoms in total. The van der Waals surface area contributed by atoms with Crippen LogP contribution >= 0.6 is 11.6 Å². The van der Waals surface area contributed by atoms with Gasteiger partial charge in [-0.05, 0) is 37.1 Å². The summed E-state index contributed by atoms with van der Waals surface area (Å²) in [5, 5.41) is 0.0291. The second kappa shape index (κ2) is 6.45. The summed E-state index contributed by atoms with van der Waals surface area (Å²) in [4.78, 5) is 4.03. The number of aromatic nitrogens is 1. The van der Waals surface area contributed by atoms with Gasteiger partial charge >= 0.3 is 0 Å². The van der Waals surface area contributed by atoms with E-state index in [9.17, 15) is 8.42 Å². The highest BCUT2D eigenvalue weighted by molar-refractivity contribution is 7.92. The first-order valence-electron chi connectivity index (χ1n) is 6.60. The lowest BCUT2D eigenvalue weighted by atomic mass is 10.2. The number of sulfonamides is 1. The summed E-state index contributed by atoms with van der Waals surface area (Å²) in [5.74, 6) is 0.308. The number of rotatable bonds is 5. The van der Waals surface area contributed by atoms with Crippen LogP contribution in [0.3, 0.4) is 0 Å². The molecule has 0 fully saturated rings. The highest BCUT2D eigenvalue weighted by Crippen LogP contribution is 2.25. The van der Waals surface area contributed by atoms with E-state index in [4.69, 9.17) is 11.6 Å². The molecule has 0 unspecified atom stereocenters. The SMILES string of the molecule is CCN(c1ccccc1C)S(=O)(=O)c1ccc(CCl)cn1. The predicted molar refractivity (Wildman–Crippen MR) is 85.2 cm³/mol. The van der Waals surface area contributed by atoms with Gasteiger partial charge in [0.15, 0.2) is 5.03 Å². The molecule has 0 saturated carbocycles. The zero-order valence-electron chi connectivity index (χ0n) is 12.0. The lowest BCUT2D eigenvalue weighted by Crippen LogP contribution is -2.32. The van der Waals surface area contributed by atoms with E-state index in [0.29, 0.717) is 18.1 Å². The minimum atomic E-state index is -3.67. The Morgan fingerprint density at radius 1 is 1.19 bits per heavy atom. The zero-order valence-corrected chi connectivity index (χ0v) is 13.5. The summed E-state index contributed by atoms with van der Waals surface area (Å²) in [6.07, 6.45) is 1.49. The maximum absolute atomic E-state index is 12.7. The maximum atomic E-state index is 12.7. The van der Waals surface area contributed by atoms with Crippen LogP contribution in [0.1, 0.15) is 18.1 Å². The molecule has 0 aliphatic carbocycles. The van der Waals surface area contributed by atoms with Crippen molar-refractivity contribution in [1.82, 2.24) is 4.98 Å². The van der Waals surface area contributed by atoms with Gasteiger partial charge in [-0.3, -0.25) is 4.31 Å². The van der Waals surface area contributed by atoms with E-state index in [1.807, 2.05) is 25.1 Å². The lowest BCUT2D eigenvalue weighted by molar-refractivity contribution is 0.588. The van der Waals surface area contributed by atoms with Gasteiger partial charge in [-0.1, -0.05) is 24.3 Å².